The maximum absolute atomic E-state index is 6.08. The molecule has 1 aromatic carbocycles. The van der Waals surface area contributed by atoms with Gasteiger partial charge in [-0.25, -0.2) is 0 Å². The molecule has 5 heteroatoms. The molecule has 0 atom stereocenters. The molecule has 2 rings (SSSR count). The molecule has 0 radical (unpaired) electrons. The summed E-state index contributed by atoms with van der Waals surface area (Å²) in [4.78, 5) is 0. The van der Waals surface area contributed by atoms with Gasteiger partial charge in [-0.15, -0.1) is 0 Å². The fourth-order valence-corrected chi connectivity index (χ4v) is 1.87. The summed E-state index contributed by atoms with van der Waals surface area (Å²) in [5.74, 6) is 0.671. The van der Waals surface area contributed by atoms with E-state index in [1.165, 1.54) is 0 Å². The third kappa shape index (κ3) is 2.60. The Bertz CT molecular complexity index is 510. The average molecular weight is 252 g/mol. The summed E-state index contributed by atoms with van der Waals surface area (Å²) in [6, 6.07) is 5.66. The van der Waals surface area contributed by atoms with Crippen LogP contribution >= 0.6 is 11.6 Å². The van der Waals surface area contributed by atoms with Gasteiger partial charge in [0.05, 0.1) is 24.9 Å². The van der Waals surface area contributed by atoms with Gasteiger partial charge in [-0.1, -0.05) is 17.7 Å². The van der Waals surface area contributed by atoms with Crippen molar-refractivity contribution in [3.8, 4) is 16.9 Å². The standard InChI is InChI=1S/C12H14ClN3O/c1-17-12-3-2-9(6-11(12)13)10-7-15-16(8-10)5-4-14/h2-3,6-8H,4-5,14H2,1H3. The number of aromatic nitrogens is 2. The number of halogens is 1. The van der Waals surface area contributed by atoms with Crippen molar-refractivity contribution in [2.45, 2.75) is 6.54 Å². The second-order valence-electron chi connectivity index (χ2n) is 3.63. The van der Waals surface area contributed by atoms with Crippen LogP contribution in [0.4, 0.5) is 0 Å². The maximum atomic E-state index is 6.08. The summed E-state index contributed by atoms with van der Waals surface area (Å²) in [7, 11) is 1.60. The van der Waals surface area contributed by atoms with Crippen molar-refractivity contribution in [2.24, 2.45) is 5.73 Å². The Morgan fingerprint density at radius 1 is 1.41 bits per heavy atom. The van der Waals surface area contributed by atoms with Crippen LogP contribution in [0, 0.1) is 0 Å². The number of nitrogens with zero attached hydrogens (tertiary/aromatic N) is 2. The average Bonchev–Trinajstić information content (AvgIpc) is 2.78. The lowest BCUT2D eigenvalue weighted by Crippen LogP contribution is -2.09. The van der Waals surface area contributed by atoms with Crippen molar-refractivity contribution in [3.05, 3.63) is 35.6 Å². The van der Waals surface area contributed by atoms with E-state index in [4.69, 9.17) is 22.1 Å². The predicted molar refractivity (Wildman–Crippen MR) is 68.3 cm³/mol. The summed E-state index contributed by atoms with van der Waals surface area (Å²) in [6.07, 6.45) is 3.75. The fourth-order valence-electron chi connectivity index (χ4n) is 1.61. The first-order chi connectivity index (χ1) is 8.24. The van der Waals surface area contributed by atoms with E-state index in [2.05, 4.69) is 5.10 Å². The van der Waals surface area contributed by atoms with E-state index in [-0.39, 0.29) is 0 Å². The van der Waals surface area contributed by atoms with E-state index in [1.54, 1.807) is 13.3 Å². The van der Waals surface area contributed by atoms with Crippen LogP contribution in [-0.2, 0) is 6.54 Å². The largest absolute Gasteiger partial charge is 0.495 e. The minimum absolute atomic E-state index is 0.574. The Hall–Kier alpha value is -1.52. The minimum Gasteiger partial charge on any atom is -0.495 e. The Balaban J connectivity index is 2.29. The van der Waals surface area contributed by atoms with Crippen molar-refractivity contribution in [3.63, 3.8) is 0 Å². The van der Waals surface area contributed by atoms with Crippen molar-refractivity contribution < 1.29 is 4.74 Å². The van der Waals surface area contributed by atoms with Crippen molar-refractivity contribution >= 4 is 11.6 Å². The Morgan fingerprint density at radius 3 is 2.88 bits per heavy atom. The first kappa shape index (κ1) is 12.0. The van der Waals surface area contributed by atoms with Gasteiger partial charge in [0, 0.05) is 18.3 Å². The predicted octanol–water partition coefficient (Wildman–Crippen LogP) is 2.17. The van der Waals surface area contributed by atoms with Gasteiger partial charge in [-0.05, 0) is 17.7 Å². The van der Waals surface area contributed by atoms with Gasteiger partial charge in [0.15, 0.2) is 0 Å². The molecule has 0 amide bonds. The highest BCUT2D eigenvalue weighted by Gasteiger charge is 2.05. The van der Waals surface area contributed by atoms with Crippen LogP contribution in [0.1, 0.15) is 0 Å². The molecule has 0 unspecified atom stereocenters. The molecule has 1 heterocycles. The third-order valence-corrected chi connectivity index (χ3v) is 2.77. The van der Waals surface area contributed by atoms with Crippen LogP contribution in [-0.4, -0.2) is 23.4 Å². The quantitative estimate of drug-likeness (QED) is 0.906. The lowest BCUT2D eigenvalue weighted by atomic mass is 10.1. The van der Waals surface area contributed by atoms with Gasteiger partial charge in [0.25, 0.3) is 0 Å². The number of hydrogen-bond acceptors (Lipinski definition) is 3. The van der Waals surface area contributed by atoms with Gasteiger partial charge < -0.3 is 10.5 Å². The lowest BCUT2D eigenvalue weighted by Gasteiger charge is -2.04. The van der Waals surface area contributed by atoms with Crippen molar-refractivity contribution in [1.29, 1.82) is 0 Å². The molecule has 0 aliphatic rings. The van der Waals surface area contributed by atoms with Crippen LogP contribution in [0.2, 0.25) is 5.02 Å². The van der Waals surface area contributed by atoms with Crippen molar-refractivity contribution in [2.75, 3.05) is 13.7 Å². The molecule has 0 saturated carbocycles. The molecule has 0 aliphatic heterocycles. The molecular weight excluding hydrogens is 238 g/mol. The molecule has 4 nitrogen and oxygen atoms in total. The third-order valence-electron chi connectivity index (χ3n) is 2.48. The zero-order valence-electron chi connectivity index (χ0n) is 9.56. The van der Waals surface area contributed by atoms with Crippen LogP contribution in [0.25, 0.3) is 11.1 Å². The molecule has 17 heavy (non-hydrogen) atoms. The monoisotopic (exact) mass is 251 g/mol. The molecule has 0 fully saturated rings. The smallest absolute Gasteiger partial charge is 0.137 e. The highest BCUT2D eigenvalue weighted by atomic mass is 35.5. The second kappa shape index (κ2) is 5.21. The molecular formula is C12H14ClN3O. The number of ether oxygens (including phenoxy) is 1. The summed E-state index contributed by atoms with van der Waals surface area (Å²) in [5, 5.41) is 4.81. The Labute approximate surface area is 105 Å². The molecule has 0 bridgehead atoms. The highest BCUT2D eigenvalue weighted by Crippen LogP contribution is 2.29. The summed E-state index contributed by atoms with van der Waals surface area (Å²) in [5.41, 5.74) is 7.50. The van der Waals surface area contributed by atoms with Gasteiger partial charge in [0.1, 0.15) is 5.75 Å². The van der Waals surface area contributed by atoms with Crippen LogP contribution < -0.4 is 10.5 Å². The fraction of sp³-hybridized carbons (Fsp3) is 0.250. The molecule has 0 aliphatic carbocycles. The molecule has 2 aromatic rings. The van der Waals surface area contributed by atoms with Gasteiger partial charge in [-0.2, -0.15) is 5.10 Å². The Morgan fingerprint density at radius 2 is 2.24 bits per heavy atom. The van der Waals surface area contributed by atoms with Crippen molar-refractivity contribution in [1.82, 2.24) is 9.78 Å². The first-order valence-electron chi connectivity index (χ1n) is 5.31. The minimum atomic E-state index is 0.574. The number of nitrogens with two attached hydrogens (primary N) is 1. The molecule has 1 aromatic heterocycles. The Kier molecular flexibility index (Phi) is 3.66. The van der Waals surface area contributed by atoms with E-state index in [0.717, 1.165) is 11.1 Å². The molecule has 90 valence electrons. The molecule has 0 saturated heterocycles. The van der Waals surface area contributed by atoms with Crippen LogP contribution in [0.3, 0.4) is 0 Å². The normalized spacial score (nSPS) is 10.5. The number of hydrogen-bond donors (Lipinski definition) is 1. The number of benzene rings is 1. The summed E-state index contributed by atoms with van der Waals surface area (Å²) in [6.45, 7) is 1.29. The van der Waals surface area contributed by atoms with Crippen LogP contribution in [0.15, 0.2) is 30.6 Å². The van der Waals surface area contributed by atoms with Gasteiger partial charge in [-0.3, -0.25) is 4.68 Å². The molecule has 2 N–H and O–H groups in total. The van der Waals surface area contributed by atoms with E-state index < -0.39 is 0 Å². The maximum Gasteiger partial charge on any atom is 0.137 e. The van der Waals surface area contributed by atoms with E-state index in [1.807, 2.05) is 29.1 Å². The van der Waals surface area contributed by atoms with E-state index in [0.29, 0.717) is 23.9 Å². The zero-order valence-corrected chi connectivity index (χ0v) is 10.3. The SMILES string of the molecule is COc1ccc(-c2cnn(CCN)c2)cc1Cl. The zero-order chi connectivity index (χ0) is 12.3. The summed E-state index contributed by atoms with van der Waals surface area (Å²) >= 11 is 6.08. The van der Waals surface area contributed by atoms with E-state index in [9.17, 15) is 0 Å². The number of methoxy groups -OCH3 is 1. The van der Waals surface area contributed by atoms with E-state index >= 15 is 0 Å². The lowest BCUT2D eigenvalue weighted by molar-refractivity contribution is 0.415. The molecule has 0 spiro atoms. The first-order valence-corrected chi connectivity index (χ1v) is 5.69. The van der Waals surface area contributed by atoms with Gasteiger partial charge >= 0.3 is 0 Å². The van der Waals surface area contributed by atoms with Gasteiger partial charge in [0.2, 0.25) is 0 Å². The number of rotatable bonds is 4. The summed E-state index contributed by atoms with van der Waals surface area (Å²) < 4.78 is 6.92. The highest BCUT2D eigenvalue weighted by molar-refractivity contribution is 6.32. The topological polar surface area (TPSA) is 53.1 Å². The van der Waals surface area contributed by atoms with Crippen LogP contribution in [0.5, 0.6) is 5.75 Å². The second-order valence-corrected chi connectivity index (χ2v) is 4.04.